The number of rotatable bonds is 4. The Morgan fingerprint density at radius 2 is 2.05 bits per heavy atom. The van der Waals surface area contributed by atoms with Crippen LogP contribution in [0.2, 0.25) is 0 Å². The molecule has 0 aliphatic heterocycles. The molecule has 0 saturated heterocycles. The summed E-state index contributed by atoms with van der Waals surface area (Å²) in [7, 11) is 1.31. The summed E-state index contributed by atoms with van der Waals surface area (Å²) >= 11 is 5.45. The first-order chi connectivity index (χ1) is 10.4. The van der Waals surface area contributed by atoms with Crippen molar-refractivity contribution >= 4 is 50.4 Å². The van der Waals surface area contributed by atoms with Crippen LogP contribution in [0.4, 0.5) is 0 Å². The fourth-order valence-electron chi connectivity index (χ4n) is 1.88. The molecule has 0 aliphatic rings. The van der Waals surface area contributed by atoms with Crippen molar-refractivity contribution in [2.45, 2.75) is 13.5 Å². The Kier molecular flexibility index (Phi) is 5.63. The number of amides is 1. The Hall–Kier alpha value is -1.35. The number of hydrogen-bond acceptors (Lipinski definition) is 4. The van der Waals surface area contributed by atoms with Crippen LogP contribution in [0.1, 0.15) is 32.2 Å². The van der Waals surface area contributed by atoms with Gasteiger partial charge < -0.3 is 14.5 Å². The Morgan fingerprint density at radius 1 is 1.32 bits per heavy atom. The number of aryl methyl sites for hydroxylation is 1. The van der Waals surface area contributed by atoms with Crippen LogP contribution in [0, 0.1) is 10.5 Å². The maximum Gasteiger partial charge on any atom is 0.341 e. The summed E-state index contributed by atoms with van der Waals surface area (Å²) in [5.74, 6) is 0.295. The highest BCUT2D eigenvalue weighted by molar-refractivity contribution is 14.1. The van der Waals surface area contributed by atoms with E-state index in [1.807, 2.05) is 12.1 Å². The quantitative estimate of drug-likeness (QED) is 0.538. The van der Waals surface area contributed by atoms with Crippen LogP contribution in [-0.2, 0) is 11.3 Å². The van der Waals surface area contributed by atoms with Gasteiger partial charge in [-0.1, -0.05) is 15.9 Å². The van der Waals surface area contributed by atoms with Gasteiger partial charge in [-0.2, -0.15) is 0 Å². The molecule has 0 atom stereocenters. The highest BCUT2D eigenvalue weighted by Gasteiger charge is 2.16. The van der Waals surface area contributed by atoms with Crippen molar-refractivity contribution in [2.24, 2.45) is 0 Å². The van der Waals surface area contributed by atoms with Crippen LogP contribution in [0.25, 0.3) is 0 Å². The van der Waals surface area contributed by atoms with Crippen molar-refractivity contribution in [1.29, 1.82) is 0 Å². The number of halogens is 2. The van der Waals surface area contributed by atoms with Crippen molar-refractivity contribution in [2.75, 3.05) is 7.11 Å². The number of esters is 1. The number of nitrogens with one attached hydrogen (secondary N) is 1. The number of benzene rings is 1. The largest absolute Gasteiger partial charge is 0.465 e. The van der Waals surface area contributed by atoms with Crippen molar-refractivity contribution in [3.05, 3.63) is 55.0 Å². The molecule has 2 aromatic rings. The van der Waals surface area contributed by atoms with Crippen molar-refractivity contribution in [3.63, 3.8) is 0 Å². The van der Waals surface area contributed by atoms with Crippen molar-refractivity contribution in [1.82, 2.24) is 5.32 Å². The molecule has 0 fully saturated rings. The van der Waals surface area contributed by atoms with Gasteiger partial charge in [-0.3, -0.25) is 4.79 Å². The van der Waals surface area contributed by atoms with Crippen LogP contribution in [0.3, 0.4) is 0 Å². The molecule has 5 nitrogen and oxygen atoms in total. The number of carbonyl (C=O) groups excluding carboxylic acids is 2. The normalized spacial score (nSPS) is 10.4. The van der Waals surface area contributed by atoms with E-state index < -0.39 is 5.97 Å². The van der Waals surface area contributed by atoms with E-state index >= 15 is 0 Å². The van der Waals surface area contributed by atoms with Gasteiger partial charge in [0.1, 0.15) is 17.1 Å². The molecule has 1 aromatic heterocycles. The Bertz CT molecular complexity index is 726. The van der Waals surface area contributed by atoms with Crippen LogP contribution in [0.15, 0.2) is 33.2 Å². The second-order valence-electron chi connectivity index (χ2n) is 4.48. The molecule has 0 radical (unpaired) electrons. The summed E-state index contributed by atoms with van der Waals surface area (Å²) in [6.07, 6.45) is 0. The monoisotopic (exact) mass is 477 g/mol. The number of hydrogen-bond donors (Lipinski definition) is 1. The lowest BCUT2D eigenvalue weighted by Gasteiger charge is -2.06. The predicted molar refractivity (Wildman–Crippen MR) is 92.8 cm³/mol. The maximum atomic E-state index is 12.2. The Morgan fingerprint density at radius 3 is 2.73 bits per heavy atom. The minimum absolute atomic E-state index is 0.194. The third kappa shape index (κ3) is 3.89. The van der Waals surface area contributed by atoms with E-state index in [0.717, 1.165) is 8.04 Å². The van der Waals surface area contributed by atoms with Crippen LogP contribution in [-0.4, -0.2) is 19.0 Å². The first-order valence-electron chi connectivity index (χ1n) is 6.33. The predicted octanol–water partition coefficient (Wildman–Crippen LogP) is 3.67. The number of ether oxygens (including phenoxy) is 1. The van der Waals surface area contributed by atoms with Crippen LogP contribution < -0.4 is 5.32 Å². The molecule has 0 saturated carbocycles. The average Bonchev–Trinajstić information content (AvgIpc) is 2.87. The van der Waals surface area contributed by atoms with Crippen molar-refractivity contribution in [3.8, 4) is 0 Å². The van der Waals surface area contributed by atoms with E-state index in [0.29, 0.717) is 22.6 Å². The number of methoxy groups -OCH3 is 1. The molecule has 0 spiro atoms. The highest BCUT2D eigenvalue weighted by atomic mass is 127. The summed E-state index contributed by atoms with van der Waals surface area (Å²) in [5, 5.41) is 2.77. The van der Waals surface area contributed by atoms with E-state index in [-0.39, 0.29) is 12.5 Å². The third-order valence-corrected chi connectivity index (χ3v) is 4.40. The van der Waals surface area contributed by atoms with Gasteiger partial charge in [-0.25, -0.2) is 4.79 Å². The average molecular weight is 478 g/mol. The van der Waals surface area contributed by atoms with Gasteiger partial charge in [-0.15, -0.1) is 0 Å². The third-order valence-electron chi connectivity index (χ3n) is 2.97. The molecule has 1 amide bonds. The van der Waals surface area contributed by atoms with E-state index in [1.165, 1.54) is 7.11 Å². The molecule has 1 aromatic carbocycles. The van der Waals surface area contributed by atoms with E-state index in [9.17, 15) is 9.59 Å². The second kappa shape index (κ2) is 7.28. The lowest BCUT2D eigenvalue weighted by molar-refractivity contribution is 0.0598. The molecule has 0 bridgehead atoms. The van der Waals surface area contributed by atoms with Gasteiger partial charge in [0, 0.05) is 8.04 Å². The zero-order valence-corrected chi connectivity index (χ0v) is 15.6. The summed E-state index contributed by atoms with van der Waals surface area (Å²) < 4.78 is 11.8. The molecular formula is C15H13BrINO4. The molecule has 0 unspecified atom stereocenters. The van der Waals surface area contributed by atoms with Gasteiger partial charge >= 0.3 is 5.97 Å². The topological polar surface area (TPSA) is 68.5 Å². The lowest BCUT2D eigenvalue weighted by atomic mass is 10.2. The molecule has 1 N–H and O–H groups in total. The molecule has 22 heavy (non-hydrogen) atoms. The zero-order chi connectivity index (χ0) is 16.3. The summed E-state index contributed by atoms with van der Waals surface area (Å²) in [4.78, 5) is 23.7. The molecule has 0 aliphatic carbocycles. The van der Waals surface area contributed by atoms with E-state index in [2.05, 4.69) is 48.6 Å². The van der Waals surface area contributed by atoms with E-state index in [4.69, 9.17) is 4.42 Å². The fourth-order valence-corrected chi connectivity index (χ4v) is 2.82. The Labute approximate surface area is 149 Å². The SMILES string of the molecule is COC(=O)c1cc(CNC(=O)c2cc(Br)ccc2I)oc1C. The van der Waals surface area contributed by atoms with Gasteiger partial charge in [0.15, 0.2) is 0 Å². The minimum atomic E-state index is -0.458. The van der Waals surface area contributed by atoms with Gasteiger partial charge in [0.25, 0.3) is 5.91 Å². The smallest absolute Gasteiger partial charge is 0.341 e. The molecule has 2 rings (SSSR count). The lowest BCUT2D eigenvalue weighted by Crippen LogP contribution is -2.23. The summed E-state index contributed by atoms with van der Waals surface area (Å²) in [6, 6.07) is 7.06. The fraction of sp³-hybridized carbons (Fsp3) is 0.200. The van der Waals surface area contributed by atoms with Gasteiger partial charge in [0.05, 0.1) is 19.2 Å². The standard InChI is InChI=1S/C15H13BrINO4/c1-8-11(15(20)21-2)6-10(22-8)7-18-14(19)12-5-9(16)3-4-13(12)17/h3-6H,7H2,1-2H3,(H,18,19). The van der Waals surface area contributed by atoms with Crippen LogP contribution in [0.5, 0.6) is 0 Å². The minimum Gasteiger partial charge on any atom is -0.465 e. The van der Waals surface area contributed by atoms with Gasteiger partial charge in [-0.05, 0) is 53.8 Å². The van der Waals surface area contributed by atoms with E-state index in [1.54, 1.807) is 19.1 Å². The number of carbonyl (C=O) groups is 2. The number of furan rings is 1. The van der Waals surface area contributed by atoms with Crippen LogP contribution >= 0.6 is 38.5 Å². The zero-order valence-electron chi connectivity index (χ0n) is 11.9. The van der Waals surface area contributed by atoms with Crippen molar-refractivity contribution < 1.29 is 18.7 Å². The first-order valence-corrected chi connectivity index (χ1v) is 8.20. The molecule has 1 heterocycles. The molecular weight excluding hydrogens is 465 g/mol. The highest BCUT2D eigenvalue weighted by Crippen LogP contribution is 2.19. The Balaban J connectivity index is 2.08. The second-order valence-corrected chi connectivity index (χ2v) is 6.56. The maximum absolute atomic E-state index is 12.2. The summed E-state index contributed by atoms with van der Waals surface area (Å²) in [6.45, 7) is 1.87. The first kappa shape index (κ1) is 17.0. The molecule has 7 heteroatoms. The molecule has 116 valence electrons. The summed E-state index contributed by atoms with van der Waals surface area (Å²) in [5.41, 5.74) is 0.940. The van der Waals surface area contributed by atoms with Gasteiger partial charge in [0.2, 0.25) is 0 Å².